The van der Waals surface area contributed by atoms with Crippen molar-refractivity contribution >= 4 is 46.1 Å². The van der Waals surface area contributed by atoms with Crippen molar-refractivity contribution in [3.63, 3.8) is 0 Å². The Kier molecular flexibility index (Phi) is 7.25. The monoisotopic (exact) mass is 511 g/mol. The molecule has 3 N–H and O–H groups in total. The first-order valence-electron chi connectivity index (χ1n) is 11.5. The van der Waals surface area contributed by atoms with Crippen LogP contribution in [0.1, 0.15) is 6.92 Å². The van der Waals surface area contributed by atoms with Crippen LogP contribution in [0.25, 0.3) is 33.2 Å². The molecule has 36 heavy (non-hydrogen) atoms. The SMILES string of the molecule is CCSc1ccc(-c2cc3cc(-c4cnc(OC)c(NSc5cccnc5)c4)ccc3nc2N)cc1. The van der Waals surface area contributed by atoms with Crippen LogP contribution < -0.4 is 15.2 Å². The van der Waals surface area contributed by atoms with Gasteiger partial charge in [-0.15, -0.1) is 11.8 Å². The number of hydrogen-bond acceptors (Lipinski definition) is 8. The predicted molar refractivity (Wildman–Crippen MR) is 151 cm³/mol. The zero-order chi connectivity index (χ0) is 24.9. The van der Waals surface area contributed by atoms with Gasteiger partial charge in [-0.25, -0.2) is 9.97 Å². The molecular weight excluding hydrogens is 486 g/mol. The molecule has 0 aliphatic carbocycles. The molecule has 180 valence electrons. The largest absolute Gasteiger partial charge is 0.480 e. The summed E-state index contributed by atoms with van der Waals surface area (Å²) in [6, 6.07) is 22.6. The number of benzene rings is 2. The van der Waals surface area contributed by atoms with Crippen LogP contribution >= 0.6 is 23.7 Å². The third-order valence-corrected chi connectivity index (χ3v) is 7.30. The Balaban J connectivity index is 1.47. The van der Waals surface area contributed by atoms with Gasteiger partial charge in [0, 0.05) is 44.9 Å². The third-order valence-electron chi connectivity index (χ3n) is 5.61. The van der Waals surface area contributed by atoms with Gasteiger partial charge in [0.25, 0.3) is 0 Å². The molecule has 0 amide bonds. The molecule has 0 saturated carbocycles. The number of rotatable bonds is 8. The summed E-state index contributed by atoms with van der Waals surface area (Å²) in [4.78, 5) is 15.6. The summed E-state index contributed by atoms with van der Waals surface area (Å²) < 4.78 is 8.81. The maximum absolute atomic E-state index is 6.34. The highest BCUT2D eigenvalue weighted by Gasteiger charge is 2.11. The molecule has 2 aromatic carbocycles. The summed E-state index contributed by atoms with van der Waals surface area (Å²) in [5.74, 6) is 2.09. The van der Waals surface area contributed by atoms with E-state index < -0.39 is 0 Å². The fourth-order valence-electron chi connectivity index (χ4n) is 3.87. The molecule has 3 aromatic heterocycles. The minimum absolute atomic E-state index is 0.524. The summed E-state index contributed by atoms with van der Waals surface area (Å²) in [7, 11) is 1.61. The first-order valence-corrected chi connectivity index (χ1v) is 13.3. The molecule has 0 spiro atoms. The number of fused-ring (bicyclic) bond motifs is 1. The van der Waals surface area contributed by atoms with E-state index in [-0.39, 0.29) is 0 Å². The van der Waals surface area contributed by atoms with E-state index in [0.717, 1.165) is 49.5 Å². The average molecular weight is 512 g/mol. The fraction of sp³-hybridized carbons (Fsp3) is 0.107. The highest BCUT2D eigenvalue weighted by molar-refractivity contribution is 8.00. The minimum atomic E-state index is 0.524. The molecule has 0 aliphatic heterocycles. The van der Waals surface area contributed by atoms with E-state index in [9.17, 15) is 0 Å². The van der Waals surface area contributed by atoms with Gasteiger partial charge in [-0.2, -0.15) is 0 Å². The number of pyridine rings is 3. The van der Waals surface area contributed by atoms with Crippen molar-refractivity contribution in [3.8, 4) is 28.1 Å². The number of nitrogens with one attached hydrogen (secondary N) is 1. The maximum Gasteiger partial charge on any atom is 0.237 e. The normalized spacial score (nSPS) is 10.9. The van der Waals surface area contributed by atoms with Crippen molar-refractivity contribution in [2.75, 3.05) is 23.3 Å². The van der Waals surface area contributed by atoms with Crippen molar-refractivity contribution in [1.29, 1.82) is 0 Å². The number of ether oxygens (including phenoxy) is 1. The van der Waals surface area contributed by atoms with Crippen molar-refractivity contribution in [1.82, 2.24) is 15.0 Å². The van der Waals surface area contributed by atoms with E-state index in [1.807, 2.05) is 48.3 Å². The second-order valence-corrected chi connectivity index (χ2v) is 10.2. The lowest BCUT2D eigenvalue weighted by molar-refractivity contribution is 0.400. The summed E-state index contributed by atoms with van der Waals surface area (Å²) >= 11 is 3.28. The molecule has 0 atom stereocenters. The highest BCUT2D eigenvalue weighted by Crippen LogP contribution is 2.35. The Morgan fingerprint density at radius 3 is 2.50 bits per heavy atom. The summed E-state index contributed by atoms with van der Waals surface area (Å²) in [5, 5.41) is 1.01. The lowest BCUT2D eigenvalue weighted by atomic mass is 10.0. The summed E-state index contributed by atoms with van der Waals surface area (Å²) in [6.07, 6.45) is 5.37. The second-order valence-electron chi connectivity index (χ2n) is 7.96. The molecule has 0 aliphatic rings. The molecule has 3 heterocycles. The molecule has 6 nitrogen and oxygen atoms in total. The predicted octanol–water partition coefficient (Wildman–Crippen LogP) is 7.18. The molecular formula is C28H25N5OS2. The molecule has 0 bridgehead atoms. The molecule has 0 saturated heterocycles. The van der Waals surface area contributed by atoms with E-state index in [1.165, 1.54) is 16.8 Å². The Bertz CT molecular complexity index is 1490. The topological polar surface area (TPSA) is 86.0 Å². The molecule has 0 radical (unpaired) electrons. The van der Waals surface area contributed by atoms with Gasteiger partial charge in [-0.3, -0.25) is 4.98 Å². The number of nitrogens with zero attached hydrogens (tertiary/aromatic N) is 3. The Labute approximate surface area is 218 Å². The van der Waals surface area contributed by atoms with Crippen LogP contribution in [0.3, 0.4) is 0 Å². The Hall–Kier alpha value is -3.75. The van der Waals surface area contributed by atoms with E-state index in [4.69, 9.17) is 10.5 Å². The van der Waals surface area contributed by atoms with Gasteiger partial charge in [0.05, 0.1) is 12.6 Å². The van der Waals surface area contributed by atoms with Crippen molar-refractivity contribution < 1.29 is 4.74 Å². The first-order chi connectivity index (χ1) is 17.6. The van der Waals surface area contributed by atoms with Gasteiger partial charge in [0.15, 0.2) is 0 Å². The van der Waals surface area contributed by atoms with Gasteiger partial charge in [0.2, 0.25) is 5.88 Å². The summed E-state index contributed by atoms with van der Waals surface area (Å²) in [6.45, 7) is 2.15. The number of aromatic nitrogens is 3. The molecule has 5 aromatic rings. The lowest BCUT2D eigenvalue weighted by Crippen LogP contribution is -1.97. The molecule has 0 unspecified atom stereocenters. The van der Waals surface area contributed by atoms with Crippen molar-refractivity contribution in [2.24, 2.45) is 0 Å². The van der Waals surface area contributed by atoms with Gasteiger partial charge >= 0.3 is 0 Å². The fourth-order valence-corrected chi connectivity index (χ4v) is 5.16. The van der Waals surface area contributed by atoms with Crippen molar-refractivity contribution in [3.05, 3.63) is 85.3 Å². The number of anilines is 2. The van der Waals surface area contributed by atoms with E-state index in [0.29, 0.717) is 11.7 Å². The van der Waals surface area contributed by atoms with Crippen LogP contribution in [0.5, 0.6) is 5.88 Å². The highest BCUT2D eigenvalue weighted by atomic mass is 32.2. The van der Waals surface area contributed by atoms with Crippen LogP contribution in [-0.2, 0) is 0 Å². The van der Waals surface area contributed by atoms with Gasteiger partial charge in [-0.05, 0) is 77.4 Å². The second kappa shape index (κ2) is 10.9. The molecule has 8 heteroatoms. The number of hydrogen-bond donors (Lipinski definition) is 2. The quantitative estimate of drug-likeness (QED) is 0.167. The van der Waals surface area contributed by atoms with Crippen LogP contribution in [0.2, 0.25) is 0 Å². The average Bonchev–Trinajstić information content (AvgIpc) is 2.92. The maximum atomic E-state index is 6.34. The minimum Gasteiger partial charge on any atom is -0.480 e. The van der Waals surface area contributed by atoms with Crippen LogP contribution in [0.15, 0.2) is 95.1 Å². The standard InChI is InChI=1S/C28H25N5OS2/c1-3-35-22-9-6-18(7-10-22)24-14-20-13-19(8-11-25(20)32-27(24)29)21-15-26(28(34-2)31-16-21)33-36-23-5-4-12-30-17-23/h4-17,33H,3H2,1-2H3,(H2,29,32). The van der Waals surface area contributed by atoms with Crippen LogP contribution in [-0.4, -0.2) is 27.8 Å². The third kappa shape index (κ3) is 5.24. The van der Waals surface area contributed by atoms with E-state index in [1.54, 1.807) is 19.5 Å². The lowest BCUT2D eigenvalue weighted by Gasteiger charge is -2.12. The summed E-state index contributed by atoms with van der Waals surface area (Å²) in [5.41, 5.74) is 11.9. The van der Waals surface area contributed by atoms with Gasteiger partial charge in [0.1, 0.15) is 11.5 Å². The molecule has 0 fully saturated rings. The number of methoxy groups -OCH3 is 1. The number of nitrogen functional groups attached to an aromatic ring is 1. The molecule has 5 rings (SSSR count). The van der Waals surface area contributed by atoms with Gasteiger partial charge < -0.3 is 15.2 Å². The van der Waals surface area contributed by atoms with E-state index >= 15 is 0 Å². The Morgan fingerprint density at radius 1 is 0.917 bits per heavy atom. The van der Waals surface area contributed by atoms with Gasteiger partial charge in [-0.1, -0.05) is 25.1 Å². The zero-order valence-electron chi connectivity index (χ0n) is 19.9. The first kappa shape index (κ1) is 24.0. The van der Waals surface area contributed by atoms with Crippen LogP contribution in [0, 0.1) is 0 Å². The Morgan fingerprint density at radius 2 is 1.75 bits per heavy atom. The van der Waals surface area contributed by atoms with Crippen molar-refractivity contribution in [2.45, 2.75) is 16.7 Å². The number of thioether (sulfide) groups is 1. The van der Waals surface area contributed by atoms with E-state index in [2.05, 4.69) is 63.0 Å². The van der Waals surface area contributed by atoms with Crippen LogP contribution in [0.4, 0.5) is 11.5 Å². The smallest absolute Gasteiger partial charge is 0.237 e. The number of nitrogens with two attached hydrogens (primary N) is 1. The zero-order valence-corrected chi connectivity index (χ0v) is 21.6.